The summed E-state index contributed by atoms with van der Waals surface area (Å²) in [5.74, 6) is 0.870. The summed E-state index contributed by atoms with van der Waals surface area (Å²) in [6.45, 7) is 4.72. The van der Waals surface area contributed by atoms with Crippen LogP contribution < -0.4 is 5.32 Å². The summed E-state index contributed by atoms with van der Waals surface area (Å²) in [5, 5.41) is 3.38. The molecular formula is C8H18N2. The lowest BCUT2D eigenvalue weighted by Gasteiger charge is -2.25. The average Bonchev–Trinajstić information content (AvgIpc) is 2.36. The number of hydrogen-bond acceptors (Lipinski definition) is 2. The summed E-state index contributed by atoms with van der Waals surface area (Å²) in [5.41, 5.74) is 0. The Labute approximate surface area is 63.6 Å². The third-order valence-corrected chi connectivity index (χ3v) is 2.60. The maximum Gasteiger partial charge on any atom is 0.0102 e. The summed E-state index contributed by atoms with van der Waals surface area (Å²) in [6, 6.07) is 0.731. The molecule has 10 heavy (non-hydrogen) atoms. The number of hydrogen-bond donors (Lipinski definition) is 1. The molecule has 0 saturated carbocycles. The van der Waals surface area contributed by atoms with Gasteiger partial charge in [-0.25, -0.2) is 0 Å². The molecule has 2 atom stereocenters. The Kier molecular flexibility index (Phi) is 2.69. The molecule has 0 unspecified atom stereocenters. The smallest absolute Gasteiger partial charge is 0.0102 e. The van der Waals surface area contributed by atoms with Crippen LogP contribution in [0.4, 0.5) is 0 Å². The van der Waals surface area contributed by atoms with Gasteiger partial charge in [0.05, 0.1) is 0 Å². The molecule has 1 rings (SSSR count). The minimum absolute atomic E-state index is 0.731. The van der Waals surface area contributed by atoms with Crippen LogP contribution in [0.2, 0.25) is 0 Å². The molecule has 2 nitrogen and oxygen atoms in total. The molecule has 0 aromatic heterocycles. The molecule has 0 aromatic rings. The Morgan fingerprint density at radius 2 is 2.20 bits per heavy atom. The van der Waals surface area contributed by atoms with Gasteiger partial charge in [0.25, 0.3) is 0 Å². The van der Waals surface area contributed by atoms with Crippen molar-refractivity contribution in [3.63, 3.8) is 0 Å². The van der Waals surface area contributed by atoms with Crippen molar-refractivity contribution in [3.05, 3.63) is 0 Å². The molecule has 0 radical (unpaired) electrons. The molecular weight excluding hydrogens is 124 g/mol. The third-order valence-electron chi connectivity index (χ3n) is 2.60. The molecule has 0 bridgehead atoms. The predicted octanol–water partition coefficient (Wildman–Crippen LogP) is 0.546. The zero-order valence-electron chi connectivity index (χ0n) is 7.22. The second kappa shape index (κ2) is 3.35. The normalized spacial score (nSPS) is 29.4. The molecule has 1 N–H and O–H groups in total. The molecule has 0 aromatic carbocycles. The van der Waals surface area contributed by atoms with Crippen LogP contribution in [0.25, 0.3) is 0 Å². The van der Waals surface area contributed by atoms with Crippen molar-refractivity contribution < 1.29 is 0 Å². The molecule has 1 aliphatic rings. The molecule has 2 heteroatoms. The first-order valence-electron chi connectivity index (χ1n) is 4.09. The van der Waals surface area contributed by atoms with Crippen LogP contribution in [0.1, 0.15) is 13.3 Å². The predicted molar refractivity (Wildman–Crippen MR) is 44.1 cm³/mol. The van der Waals surface area contributed by atoms with Gasteiger partial charge in [0.15, 0.2) is 0 Å². The van der Waals surface area contributed by atoms with Crippen LogP contribution in [0.5, 0.6) is 0 Å². The van der Waals surface area contributed by atoms with Gasteiger partial charge in [-0.2, -0.15) is 0 Å². The van der Waals surface area contributed by atoms with Gasteiger partial charge in [-0.3, -0.25) is 0 Å². The fraction of sp³-hybridized carbons (Fsp3) is 1.00. The van der Waals surface area contributed by atoms with E-state index in [1.165, 1.54) is 19.5 Å². The van der Waals surface area contributed by atoms with E-state index in [1.54, 1.807) is 0 Å². The van der Waals surface area contributed by atoms with Gasteiger partial charge in [0, 0.05) is 6.04 Å². The lowest BCUT2D eigenvalue weighted by atomic mass is 10.00. The van der Waals surface area contributed by atoms with Crippen molar-refractivity contribution in [3.8, 4) is 0 Å². The quantitative estimate of drug-likeness (QED) is 0.605. The SMILES string of the molecule is C[C@@H]([C@@H]1CCNC1)N(C)C. The minimum atomic E-state index is 0.731. The molecule has 1 fully saturated rings. The van der Waals surface area contributed by atoms with E-state index in [4.69, 9.17) is 0 Å². The van der Waals surface area contributed by atoms with E-state index in [9.17, 15) is 0 Å². The van der Waals surface area contributed by atoms with E-state index in [2.05, 4.69) is 31.2 Å². The highest BCUT2D eigenvalue weighted by Gasteiger charge is 2.21. The average molecular weight is 142 g/mol. The highest BCUT2D eigenvalue weighted by Crippen LogP contribution is 2.15. The lowest BCUT2D eigenvalue weighted by molar-refractivity contribution is 0.238. The summed E-state index contributed by atoms with van der Waals surface area (Å²) in [7, 11) is 4.31. The molecule has 1 aliphatic heterocycles. The first kappa shape index (κ1) is 8.02. The molecule has 1 saturated heterocycles. The van der Waals surface area contributed by atoms with Crippen molar-refractivity contribution in [1.29, 1.82) is 0 Å². The second-order valence-corrected chi connectivity index (χ2v) is 3.46. The van der Waals surface area contributed by atoms with E-state index in [-0.39, 0.29) is 0 Å². The highest BCUT2D eigenvalue weighted by molar-refractivity contribution is 4.79. The van der Waals surface area contributed by atoms with Gasteiger partial charge < -0.3 is 10.2 Å². The first-order valence-corrected chi connectivity index (χ1v) is 4.09. The van der Waals surface area contributed by atoms with E-state index in [0.717, 1.165) is 12.0 Å². The maximum atomic E-state index is 3.38. The molecule has 0 amide bonds. The number of rotatable bonds is 2. The molecule has 1 heterocycles. The Bertz CT molecular complexity index is 95.4. The summed E-state index contributed by atoms with van der Waals surface area (Å²) < 4.78 is 0. The van der Waals surface area contributed by atoms with E-state index >= 15 is 0 Å². The Morgan fingerprint density at radius 1 is 1.50 bits per heavy atom. The Balaban J connectivity index is 2.32. The Morgan fingerprint density at radius 3 is 2.60 bits per heavy atom. The van der Waals surface area contributed by atoms with Crippen LogP contribution in [-0.2, 0) is 0 Å². The lowest BCUT2D eigenvalue weighted by Crippen LogP contribution is -2.33. The van der Waals surface area contributed by atoms with Crippen molar-refractivity contribution in [1.82, 2.24) is 10.2 Å². The van der Waals surface area contributed by atoms with Crippen molar-refractivity contribution in [2.24, 2.45) is 5.92 Å². The van der Waals surface area contributed by atoms with Gasteiger partial charge in [-0.1, -0.05) is 0 Å². The van der Waals surface area contributed by atoms with Crippen LogP contribution >= 0.6 is 0 Å². The van der Waals surface area contributed by atoms with Gasteiger partial charge >= 0.3 is 0 Å². The fourth-order valence-corrected chi connectivity index (χ4v) is 1.51. The van der Waals surface area contributed by atoms with Gasteiger partial charge in [0.1, 0.15) is 0 Å². The maximum absolute atomic E-state index is 3.38. The van der Waals surface area contributed by atoms with E-state index in [1.807, 2.05) is 0 Å². The first-order chi connectivity index (χ1) is 4.72. The van der Waals surface area contributed by atoms with Crippen molar-refractivity contribution in [2.75, 3.05) is 27.2 Å². The van der Waals surface area contributed by atoms with E-state index < -0.39 is 0 Å². The number of nitrogens with one attached hydrogen (secondary N) is 1. The van der Waals surface area contributed by atoms with Gasteiger partial charge in [0.2, 0.25) is 0 Å². The fourth-order valence-electron chi connectivity index (χ4n) is 1.51. The van der Waals surface area contributed by atoms with Gasteiger partial charge in [-0.15, -0.1) is 0 Å². The standard InChI is InChI=1S/C8H18N2/c1-7(10(2)3)8-4-5-9-6-8/h7-9H,4-6H2,1-3H3/t7-,8+/m0/s1. The van der Waals surface area contributed by atoms with Crippen LogP contribution in [0, 0.1) is 5.92 Å². The molecule has 60 valence electrons. The van der Waals surface area contributed by atoms with Crippen LogP contribution in [0.15, 0.2) is 0 Å². The molecule has 0 spiro atoms. The molecule has 0 aliphatic carbocycles. The second-order valence-electron chi connectivity index (χ2n) is 3.46. The zero-order valence-corrected chi connectivity index (χ0v) is 7.22. The van der Waals surface area contributed by atoms with Crippen molar-refractivity contribution in [2.45, 2.75) is 19.4 Å². The summed E-state index contributed by atoms with van der Waals surface area (Å²) in [6.07, 6.45) is 1.35. The third kappa shape index (κ3) is 1.70. The highest BCUT2D eigenvalue weighted by atomic mass is 15.1. The largest absolute Gasteiger partial charge is 0.316 e. The summed E-state index contributed by atoms with van der Waals surface area (Å²) >= 11 is 0. The minimum Gasteiger partial charge on any atom is -0.316 e. The monoisotopic (exact) mass is 142 g/mol. The Hall–Kier alpha value is -0.0800. The topological polar surface area (TPSA) is 15.3 Å². The van der Waals surface area contributed by atoms with Gasteiger partial charge in [-0.05, 0) is 46.4 Å². The number of nitrogens with zero attached hydrogens (tertiary/aromatic N) is 1. The summed E-state index contributed by atoms with van der Waals surface area (Å²) in [4.78, 5) is 2.30. The van der Waals surface area contributed by atoms with Crippen molar-refractivity contribution >= 4 is 0 Å². The van der Waals surface area contributed by atoms with E-state index in [0.29, 0.717) is 0 Å². The zero-order chi connectivity index (χ0) is 7.56. The van der Waals surface area contributed by atoms with Crippen LogP contribution in [0.3, 0.4) is 0 Å². The van der Waals surface area contributed by atoms with Crippen LogP contribution in [-0.4, -0.2) is 38.1 Å².